The van der Waals surface area contributed by atoms with Gasteiger partial charge < -0.3 is 19.4 Å². The maximum atomic E-state index is 12.8. The predicted octanol–water partition coefficient (Wildman–Crippen LogP) is 3.36. The van der Waals surface area contributed by atoms with Crippen LogP contribution in [0.3, 0.4) is 0 Å². The lowest BCUT2D eigenvalue weighted by molar-refractivity contribution is 0.0539. The molecule has 4 rings (SSSR count). The van der Waals surface area contributed by atoms with Gasteiger partial charge in [-0.15, -0.1) is 0 Å². The molecule has 0 bridgehead atoms. The molecule has 0 spiro atoms. The van der Waals surface area contributed by atoms with Gasteiger partial charge in [-0.1, -0.05) is 0 Å². The van der Waals surface area contributed by atoms with Crippen molar-refractivity contribution in [1.29, 1.82) is 0 Å². The Labute approximate surface area is 174 Å². The van der Waals surface area contributed by atoms with Gasteiger partial charge in [-0.05, 0) is 50.1 Å². The first-order chi connectivity index (χ1) is 14.6. The Morgan fingerprint density at radius 2 is 2.07 bits per heavy atom. The summed E-state index contributed by atoms with van der Waals surface area (Å²) >= 11 is 0. The average molecular weight is 408 g/mol. The Kier molecular flexibility index (Phi) is 5.94. The Morgan fingerprint density at radius 3 is 2.73 bits per heavy atom. The van der Waals surface area contributed by atoms with Crippen molar-refractivity contribution in [3.8, 4) is 5.69 Å². The molecule has 2 amide bonds. The van der Waals surface area contributed by atoms with Gasteiger partial charge in [-0.25, -0.2) is 4.68 Å². The summed E-state index contributed by atoms with van der Waals surface area (Å²) in [6.45, 7) is 4.01. The molecule has 1 unspecified atom stereocenters. The first-order valence-electron chi connectivity index (χ1n) is 10.0. The van der Waals surface area contributed by atoms with Crippen LogP contribution in [0.25, 0.3) is 5.69 Å². The number of aromatic nitrogens is 2. The number of likely N-dealkylation sites (N-methyl/N-ethyl adjacent to an activating group) is 1. The highest BCUT2D eigenvalue weighted by atomic mass is 16.5. The van der Waals surface area contributed by atoms with Crippen LogP contribution in [0.5, 0.6) is 0 Å². The minimum absolute atomic E-state index is 0.00641. The number of carbonyl (C=O) groups is 2. The molecule has 1 aliphatic rings. The van der Waals surface area contributed by atoms with Crippen LogP contribution in [0, 0.1) is 0 Å². The first kappa shape index (κ1) is 19.9. The highest BCUT2D eigenvalue weighted by Gasteiger charge is 2.22. The van der Waals surface area contributed by atoms with Gasteiger partial charge in [0.15, 0.2) is 0 Å². The zero-order chi connectivity index (χ0) is 20.9. The quantitative estimate of drug-likeness (QED) is 0.647. The first-order valence-corrected chi connectivity index (χ1v) is 10.0. The molecule has 1 N–H and O–H groups in total. The largest absolute Gasteiger partial charge is 0.472 e. The maximum absolute atomic E-state index is 12.8. The van der Waals surface area contributed by atoms with Gasteiger partial charge in [0.1, 0.15) is 6.26 Å². The zero-order valence-corrected chi connectivity index (χ0v) is 16.8. The van der Waals surface area contributed by atoms with E-state index in [1.807, 2.05) is 24.0 Å². The van der Waals surface area contributed by atoms with Gasteiger partial charge in [0.25, 0.3) is 11.8 Å². The Morgan fingerprint density at radius 1 is 1.23 bits per heavy atom. The fourth-order valence-electron chi connectivity index (χ4n) is 3.45. The van der Waals surface area contributed by atoms with Crippen molar-refractivity contribution in [3.05, 3.63) is 66.4 Å². The molecule has 156 valence electrons. The van der Waals surface area contributed by atoms with Gasteiger partial charge >= 0.3 is 0 Å². The molecule has 3 aromatic rings. The number of furan rings is 1. The molecule has 0 aliphatic carbocycles. The molecule has 1 aromatic carbocycles. The fourth-order valence-corrected chi connectivity index (χ4v) is 3.45. The second-order valence-electron chi connectivity index (χ2n) is 7.17. The van der Waals surface area contributed by atoms with Crippen LogP contribution < -0.4 is 5.32 Å². The molecule has 8 heteroatoms. The van der Waals surface area contributed by atoms with E-state index in [9.17, 15) is 9.59 Å². The van der Waals surface area contributed by atoms with Crippen LogP contribution >= 0.6 is 0 Å². The van der Waals surface area contributed by atoms with Crippen molar-refractivity contribution >= 4 is 17.5 Å². The van der Waals surface area contributed by atoms with E-state index in [2.05, 4.69) is 10.4 Å². The van der Waals surface area contributed by atoms with E-state index in [1.165, 1.54) is 12.5 Å². The third-order valence-corrected chi connectivity index (χ3v) is 5.12. The van der Waals surface area contributed by atoms with Crippen LogP contribution in [0.15, 0.2) is 59.7 Å². The Hall–Kier alpha value is -3.39. The highest BCUT2D eigenvalue weighted by Crippen LogP contribution is 2.17. The molecule has 0 radical (unpaired) electrons. The van der Waals surface area contributed by atoms with Gasteiger partial charge in [0.05, 0.1) is 41.7 Å². The second-order valence-corrected chi connectivity index (χ2v) is 7.17. The summed E-state index contributed by atoms with van der Waals surface area (Å²) < 4.78 is 12.2. The number of hydrogen-bond donors (Lipinski definition) is 1. The summed E-state index contributed by atoms with van der Waals surface area (Å²) in [6, 6.07) is 8.85. The van der Waals surface area contributed by atoms with Crippen LogP contribution in [-0.4, -0.2) is 52.3 Å². The highest BCUT2D eigenvalue weighted by molar-refractivity contribution is 6.03. The molecular formula is C22H24N4O4. The Bertz CT molecular complexity index is 989. The van der Waals surface area contributed by atoms with E-state index in [1.54, 1.807) is 35.3 Å². The van der Waals surface area contributed by atoms with Crippen LogP contribution in [-0.2, 0) is 4.74 Å². The summed E-state index contributed by atoms with van der Waals surface area (Å²) in [5, 5.41) is 7.05. The van der Waals surface area contributed by atoms with Crippen molar-refractivity contribution in [3.63, 3.8) is 0 Å². The molecule has 3 heterocycles. The maximum Gasteiger partial charge on any atom is 0.259 e. The molecule has 0 saturated carbocycles. The third-order valence-electron chi connectivity index (χ3n) is 5.12. The molecular weight excluding hydrogens is 384 g/mol. The van der Waals surface area contributed by atoms with Gasteiger partial charge in [0, 0.05) is 25.3 Å². The number of nitrogens with zero attached hydrogens (tertiary/aromatic N) is 3. The molecule has 1 saturated heterocycles. The average Bonchev–Trinajstić information content (AvgIpc) is 3.54. The predicted molar refractivity (Wildman–Crippen MR) is 111 cm³/mol. The number of anilines is 1. The molecule has 1 atom stereocenters. The summed E-state index contributed by atoms with van der Waals surface area (Å²) in [7, 11) is 0. The minimum atomic E-state index is -0.268. The van der Waals surface area contributed by atoms with E-state index in [-0.39, 0.29) is 17.9 Å². The number of ether oxygens (including phenoxy) is 1. The summed E-state index contributed by atoms with van der Waals surface area (Å²) in [6.07, 6.45) is 8.30. The van der Waals surface area contributed by atoms with Crippen molar-refractivity contribution in [2.75, 3.05) is 25.0 Å². The van der Waals surface area contributed by atoms with E-state index < -0.39 is 0 Å². The number of benzene rings is 1. The number of amides is 2. The lowest BCUT2D eigenvalue weighted by Crippen LogP contribution is -2.37. The second kappa shape index (κ2) is 8.96. The standard InChI is InChI=1S/C22H24N4O4/c1-2-25(14-20-4-3-10-30-20)22(28)16-5-7-19(8-6-16)26-13-18(12-23-26)24-21(27)17-9-11-29-15-17/h5-9,11-13,15,20H,2-4,10,14H2,1H3,(H,24,27). The number of carbonyl (C=O) groups excluding carboxylic acids is 2. The van der Waals surface area contributed by atoms with Gasteiger partial charge in [-0.2, -0.15) is 5.10 Å². The van der Waals surface area contributed by atoms with Crippen LogP contribution in [0.2, 0.25) is 0 Å². The minimum Gasteiger partial charge on any atom is -0.472 e. The summed E-state index contributed by atoms with van der Waals surface area (Å²) in [5.74, 6) is -0.275. The van der Waals surface area contributed by atoms with Crippen LogP contribution in [0.4, 0.5) is 5.69 Å². The number of hydrogen-bond acceptors (Lipinski definition) is 5. The van der Waals surface area contributed by atoms with Crippen molar-refractivity contribution in [2.24, 2.45) is 0 Å². The van der Waals surface area contributed by atoms with Crippen molar-refractivity contribution < 1.29 is 18.7 Å². The van der Waals surface area contributed by atoms with E-state index >= 15 is 0 Å². The van der Waals surface area contributed by atoms with Crippen molar-refractivity contribution in [2.45, 2.75) is 25.9 Å². The SMILES string of the molecule is CCN(CC1CCCO1)C(=O)c1ccc(-n2cc(NC(=O)c3ccoc3)cn2)cc1. The monoisotopic (exact) mass is 408 g/mol. The lowest BCUT2D eigenvalue weighted by atomic mass is 10.1. The topological polar surface area (TPSA) is 89.6 Å². The Balaban J connectivity index is 1.41. The van der Waals surface area contributed by atoms with Gasteiger partial charge in [0.2, 0.25) is 0 Å². The molecule has 2 aromatic heterocycles. The van der Waals surface area contributed by atoms with Crippen molar-refractivity contribution in [1.82, 2.24) is 14.7 Å². The lowest BCUT2D eigenvalue weighted by Gasteiger charge is -2.24. The molecule has 1 aliphatic heterocycles. The van der Waals surface area contributed by atoms with E-state index in [0.717, 1.165) is 25.1 Å². The zero-order valence-electron chi connectivity index (χ0n) is 16.8. The molecule has 30 heavy (non-hydrogen) atoms. The molecule has 1 fully saturated rings. The number of nitrogens with one attached hydrogen (secondary N) is 1. The summed E-state index contributed by atoms with van der Waals surface area (Å²) in [5.41, 5.74) is 2.42. The molecule has 8 nitrogen and oxygen atoms in total. The third kappa shape index (κ3) is 4.44. The van der Waals surface area contributed by atoms with E-state index in [4.69, 9.17) is 9.15 Å². The van der Waals surface area contributed by atoms with Crippen LogP contribution in [0.1, 0.15) is 40.5 Å². The van der Waals surface area contributed by atoms with Gasteiger partial charge in [-0.3, -0.25) is 9.59 Å². The van der Waals surface area contributed by atoms with E-state index in [0.29, 0.717) is 29.9 Å². The smallest absolute Gasteiger partial charge is 0.259 e. The fraction of sp³-hybridized carbons (Fsp3) is 0.318. The number of rotatable bonds is 7. The summed E-state index contributed by atoms with van der Waals surface area (Å²) in [4.78, 5) is 26.8. The normalized spacial score (nSPS) is 15.8.